The van der Waals surface area contributed by atoms with Gasteiger partial charge in [-0.15, -0.1) is 0 Å². The maximum atomic E-state index is 11.6. The number of carbonyl (C=O) groups is 1. The molecule has 1 aromatic carbocycles. The number of Topliss-reactive ketones (excluding diaryl/α,β-unsaturated/α-hetero) is 1. The van der Waals surface area contributed by atoms with Gasteiger partial charge in [0.2, 0.25) is 11.9 Å². The van der Waals surface area contributed by atoms with Crippen LogP contribution in [0.1, 0.15) is 12.8 Å². The van der Waals surface area contributed by atoms with E-state index in [0.717, 1.165) is 17.7 Å². The summed E-state index contributed by atoms with van der Waals surface area (Å²) < 4.78 is 0. The smallest absolute Gasteiger partial charge is 0.232 e. The van der Waals surface area contributed by atoms with Gasteiger partial charge in [0.05, 0.1) is 6.04 Å². The van der Waals surface area contributed by atoms with Crippen LogP contribution in [0.5, 0.6) is 0 Å². The summed E-state index contributed by atoms with van der Waals surface area (Å²) >= 11 is 0. The van der Waals surface area contributed by atoms with E-state index < -0.39 is 0 Å². The number of pyridine rings is 1. The van der Waals surface area contributed by atoms with Crippen molar-refractivity contribution < 1.29 is 4.79 Å². The molecule has 25 heavy (non-hydrogen) atoms. The molecule has 0 saturated heterocycles. The minimum Gasteiger partial charge on any atom is -0.344 e. The van der Waals surface area contributed by atoms with E-state index in [1.165, 1.54) is 0 Å². The van der Waals surface area contributed by atoms with Crippen LogP contribution in [0.4, 0.5) is 17.6 Å². The topological polar surface area (TPSA) is 92.7 Å². The third-order valence-electron chi connectivity index (χ3n) is 3.98. The van der Waals surface area contributed by atoms with Crippen molar-refractivity contribution in [3.8, 4) is 11.4 Å². The fourth-order valence-corrected chi connectivity index (χ4v) is 2.49. The summed E-state index contributed by atoms with van der Waals surface area (Å²) in [5.74, 6) is 1.53. The number of hydrogen-bond donors (Lipinski definition) is 2. The fourth-order valence-electron chi connectivity index (χ4n) is 2.49. The molecule has 0 spiro atoms. The number of carbonyl (C=O) groups excluding carboxylic acids is 1. The van der Waals surface area contributed by atoms with Crippen molar-refractivity contribution in [2.75, 3.05) is 10.6 Å². The molecule has 2 N–H and O–H groups in total. The molecule has 1 saturated carbocycles. The van der Waals surface area contributed by atoms with Crippen molar-refractivity contribution >= 4 is 23.4 Å². The standard InChI is InChI=1S/C18H16N6O/c25-15-7-6-14(15)21-18-23-16(12-4-2-1-3-5-12)22-17(24-18)20-13-8-10-19-11-9-13/h1-5,8-11,14H,6-7H2,(H2,19,20,21,22,23,24). The van der Waals surface area contributed by atoms with Crippen LogP contribution in [0.25, 0.3) is 11.4 Å². The van der Waals surface area contributed by atoms with Crippen molar-refractivity contribution in [3.05, 3.63) is 54.9 Å². The Morgan fingerprint density at radius 2 is 1.68 bits per heavy atom. The Kier molecular flexibility index (Phi) is 4.04. The Labute approximate surface area is 144 Å². The van der Waals surface area contributed by atoms with Gasteiger partial charge in [0.15, 0.2) is 11.6 Å². The van der Waals surface area contributed by atoms with Crippen LogP contribution in [0.2, 0.25) is 0 Å². The average molecular weight is 332 g/mol. The van der Waals surface area contributed by atoms with Crippen molar-refractivity contribution in [1.82, 2.24) is 19.9 Å². The van der Waals surface area contributed by atoms with Crippen LogP contribution in [0.15, 0.2) is 54.9 Å². The lowest BCUT2D eigenvalue weighted by Gasteiger charge is -2.25. The number of benzene rings is 1. The zero-order valence-electron chi connectivity index (χ0n) is 13.4. The van der Waals surface area contributed by atoms with Gasteiger partial charge < -0.3 is 10.6 Å². The van der Waals surface area contributed by atoms with E-state index in [-0.39, 0.29) is 11.8 Å². The van der Waals surface area contributed by atoms with Gasteiger partial charge in [-0.3, -0.25) is 9.78 Å². The number of anilines is 3. The van der Waals surface area contributed by atoms with Crippen molar-refractivity contribution in [1.29, 1.82) is 0 Å². The van der Waals surface area contributed by atoms with Crippen molar-refractivity contribution in [2.45, 2.75) is 18.9 Å². The number of nitrogens with zero attached hydrogens (tertiary/aromatic N) is 4. The second-order valence-electron chi connectivity index (χ2n) is 5.74. The molecule has 1 aliphatic rings. The van der Waals surface area contributed by atoms with E-state index in [1.807, 2.05) is 42.5 Å². The minimum absolute atomic E-state index is 0.185. The van der Waals surface area contributed by atoms with Crippen molar-refractivity contribution in [3.63, 3.8) is 0 Å². The van der Waals surface area contributed by atoms with Gasteiger partial charge in [-0.2, -0.15) is 15.0 Å². The Balaban J connectivity index is 1.68. The number of ketones is 1. The second-order valence-corrected chi connectivity index (χ2v) is 5.74. The third-order valence-corrected chi connectivity index (χ3v) is 3.98. The van der Waals surface area contributed by atoms with E-state index in [4.69, 9.17) is 0 Å². The van der Waals surface area contributed by atoms with Crippen LogP contribution in [0.3, 0.4) is 0 Å². The Morgan fingerprint density at radius 3 is 2.36 bits per heavy atom. The van der Waals surface area contributed by atoms with Crippen molar-refractivity contribution in [2.24, 2.45) is 0 Å². The van der Waals surface area contributed by atoms with E-state index in [2.05, 4.69) is 30.6 Å². The molecule has 7 nitrogen and oxygen atoms in total. The molecule has 1 aliphatic carbocycles. The van der Waals surface area contributed by atoms with Crippen LogP contribution in [-0.2, 0) is 4.79 Å². The maximum Gasteiger partial charge on any atom is 0.232 e. The molecule has 0 amide bonds. The molecule has 4 rings (SSSR count). The molecule has 124 valence electrons. The van der Waals surface area contributed by atoms with Gasteiger partial charge in [0, 0.05) is 30.1 Å². The number of nitrogens with one attached hydrogen (secondary N) is 2. The summed E-state index contributed by atoms with van der Waals surface area (Å²) in [6.07, 6.45) is 4.79. The SMILES string of the molecule is O=C1CCC1Nc1nc(Nc2ccncc2)nc(-c2ccccc2)n1. The van der Waals surface area contributed by atoms with Gasteiger partial charge in [-0.1, -0.05) is 30.3 Å². The van der Waals surface area contributed by atoms with Gasteiger partial charge in [0.25, 0.3) is 0 Å². The summed E-state index contributed by atoms with van der Waals surface area (Å²) in [6, 6.07) is 13.1. The highest BCUT2D eigenvalue weighted by molar-refractivity contribution is 5.91. The summed E-state index contributed by atoms with van der Waals surface area (Å²) in [5, 5.41) is 6.25. The molecule has 2 aromatic heterocycles. The fraction of sp³-hybridized carbons (Fsp3) is 0.167. The van der Waals surface area contributed by atoms with Crippen LogP contribution in [0, 0.1) is 0 Å². The van der Waals surface area contributed by atoms with Gasteiger partial charge in [-0.25, -0.2) is 0 Å². The summed E-state index contributed by atoms with van der Waals surface area (Å²) in [5.41, 5.74) is 1.71. The number of aromatic nitrogens is 4. The first-order valence-electron chi connectivity index (χ1n) is 8.06. The van der Waals surface area contributed by atoms with E-state index in [0.29, 0.717) is 24.1 Å². The summed E-state index contributed by atoms with van der Waals surface area (Å²) in [6.45, 7) is 0. The summed E-state index contributed by atoms with van der Waals surface area (Å²) in [4.78, 5) is 29.0. The van der Waals surface area contributed by atoms with Gasteiger partial charge in [-0.05, 0) is 18.6 Å². The highest BCUT2D eigenvalue weighted by atomic mass is 16.1. The average Bonchev–Trinajstić information content (AvgIpc) is 2.66. The summed E-state index contributed by atoms with van der Waals surface area (Å²) in [7, 11) is 0. The Morgan fingerprint density at radius 1 is 0.920 bits per heavy atom. The number of hydrogen-bond acceptors (Lipinski definition) is 7. The minimum atomic E-state index is -0.209. The van der Waals surface area contributed by atoms with Gasteiger partial charge >= 0.3 is 0 Å². The normalized spacial score (nSPS) is 16.2. The molecular weight excluding hydrogens is 316 g/mol. The zero-order chi connectivity index (χ0) is 17.1. The molecular formula is C18H16N6O. The second kappa shape index (κ2) is 6.64. The van der Waals surface area contributed by atoms with Crippen LogP contribution < -0.4 is 10.6 Å². The lowest BCUT2D eigenvalue weighted by atomic mass is 9.91. The predicted molar refractivity (Wildman–Crippen MR) is 94.4 cm³/mol. The molecule has 1 fully saturated rings. The molecule has 2 heterocycles. The van der Waals surface area contributed by atoms with Crippen LogP contribution >= 0.6 is 0 Å². The Bertz CT molecular complexity index is 885. The lowest BCUT2D eigenvalue weighted by molar-refractivity contribution is -0.124. The lowest BCUT2D eigenvalue weighted by Crippen LogP contribution is -2.39. The van der Waals surface area contributed by atoms with Gasteiger partial charge in [0.1, 0.15) is 0 Å². The van der Waals surface area contributed by atoms with E-state index in [9.17, 15) is 4.79 Å². The third kappa shape index (κ3) is 3.45. The first-order chi connectivity index (χ1) is 12.3. The monoisotopic (exact) mass is 332 g/mol. The Hall–Kier alpha value is -3.35. The first-order valence-corrected chi connectivity index (χ1v) is 8.06. The highest BCUT2D eigenvalue weighted by Gasteiger charge is 2.28. The van der Waals surface area contributed by atoms with E-state index in [1.54, 1.807) is 12.4 Å². The molecule has 7 heteroatoms. The maximum absolute atomic E-state index is 11.6. The quantitative estimate of drug-likeness (QED) is 0.742. The highest BCUT2D eigenvalue weighted by Crippen LogP contribution is 2.22. The first kappa shape index (κ1) is 15.2. The molecule has 1 atom stereocenters. The molecule has 0 bridgehead atoms. The molecule has 0 aliphatic heterocycles. The largest absolute Gasteiger partial charge is 0.344 e. The zero-order valence-corrected chi connectivity index (χ0v) is 13.4. The molecule has 1 unspecified atom stereocenters. The molecule has 3 aromatic rings. The molecule has 0 radical (unpaired) electrons. The predicted octanol–water partition coefficient (Wildman–Crippen LogP) is 2.82. The number of rotatable bonds is 5. The van der Waals surface area contributed by atoms with Crippen LogP contribution in [-0.4, -0.2) is 31.8 Å². The van der Waals surface area contributed by atoms with E-state index >= 15 is 0 Å².